The second kappa shape index (κ2) is 7.47. The highest BCUT2D eigenvalue weighted by atomic mass is 35.5. The van der Waals surface area contributed by atoms with E-state index in [1.807, 2.05) is 23.9 Å². The molecule has 0 aromatic heterocycles. The summed E-state index contributed by atoms with van der Waals surface area (Å²) >= 11 is 13.8. The molecule has 0 atom stereocenters. The highest BCUT2D eigenvalue weighted by Gasteiger charge is 2.18. The highest BCUT2D eigenvalue weighted by Crippen LogP contribution is 2.33. The standard InChI is InChI=1S/C17H16Cl2N2OS/c18-12-6-7-14(13(19)10-12)20-17(22)11-21-8-3-9-23-16-5-2-1-4-15(16)21/h1-2,4-7,10H,3,8-9,11H2,(H,20,22). The van der Waals surface area contributed by atoms with Crippen LogP contribution in [-0.2, 0) is 4.79 Å². The lowest BCUT2D eigenvalue weighted by molar-refractivity contribution is -0.115. The van der Waals surface area contributed by atoms with Gasteiger partial charge in [-0.25, -0.2) is 0 Å². The molecule has 0 saturated heterocycles. The highest BCUT2D eigenvalue weighted by molar-refractivity contribution is 7.99. The van der Waals surface area contributed by atoms with Crippen molar-refractivity contribution in [1.82, 2.24) is 0 Å². The van der Waals surface area contributed by atoms with E-state index in [1.54, 1.807) is 18.2 Å². The quantitative estimate of drug-likeness (QED) is 0.835. The minimum absolute atomic E-state index is 0.0871. The van der Waals surface area contributed by atoms with E-state index in [4.69, 9.17) is 23.2 Å². The van der Waals surface area contributed by atoms with Gasteiger partial charge in [-0.2, -0.15) is 0 Å². The molecule has 0 radical (unpaired) electrons. The molecule has 120 valence electrons. The number of nitrogens with one attached hydrogen (secondary N) is 1. The number of halogens is 2. The van der Waals surface area contributed by atoms with Crippen molar-refractivity contribution in [2.45, 2.75) is 11.3 Å². The van der Waals surface area contributed by atoms with Gasteiger partial charge in [0.25, 0.3) is 0 Å². The molecule has 2 aromatic carbocycles. The number of fused-ring (bicyclic) bond motifs is 1. The largest absolute Gasteiger partial charge is 0.361 e. The van der Waals surface area contributed by atoms with Crippen LogP contribution >= 0.6 is 35.0 Å². The van der Waals surface area contributed by atoms with Gasteiger partial charge in [0.1, 0.15) is 0 Å². The summed E-state index contributed by atoms with van der Waals surface area (Å²) in [5.41, 5.74) is 1.70. The zero-order chi connectivity index (χ0) is 16.2. The van der Waals surface area contributed by atoms with Gasteiger partial charge in [0, 0.05) is 16.5 Å². The normalized spacial score (nSPS) is 14.1. The third kappa shape index (κ3) is 4.14. The van der Waals surface area contributed by atoms with Crippen molar-refractivity contribution in [2.24, 2.45) is 0 Å². The first-order valence-electron chi connectivity index (χ1n) is 7.35. The van der Waals surface area contributed by atoms with Gasteiger partial charge in [0.15, 0.2) is 0 Å². The first-order valence-corrected chi connectivity index (χ1v) is 9.09. The molecule has 0 spiro atoms. The molecular weight excluding hydrogens is 351 g/mol. The van der Waals surface area contributed by atoms with E-state index in [1.165, 1.54) is 4.90 Å². The number of rotatable bonds is 3. The van der Waals surface area contributed by atoms with E-state index >= 15 is 0 Å². The van der Waals surface area contributed by atoms with E-state index in [2.05, 4.69) is 22.3 Å². The molecule has 1 aliphatic heterocycles. The maximum absolute atomic E-state index is 12.4. The van der Waals surface area contributed by atoms with Crippen molar-refractivity contribution in [3.8, 4) is 0 Å². The number of carbonyl (C=O) groups is 1. The molecule has 0 saturated carbocycles. The Hall–Kier alpha value is -1.36. The molecule has 0 unspecified atom stereocenters. The minimum Gasteiger partial charge on any atom is -0.361 e. The monoisotopic (exact) mass is 366 g/mol. The Morgan fingerprint density at radius 2 is 2.04 bits per heavy atom. The topological polar surface area (TPSA) is 32.3 Å². The maximum atomic E-state index is 12.4. The fourth-order valence-electron chi connectivity index (χ4n) is 2.52. The predicted octanol–water partition coefficient (Wildman–Crippen LogP) is 4.93. The summed E-state index contributed by atoms with van der Waals surface area (Å²) < 4.78 is 0. The molecule has 0 aliphatic carbocycles. The summed E-state index contributed by atoms with van der Waals surface area (Å²) in [6, 6.07) is 13.3. The zero-order valence-electron chi connectivity index (χ0n) is 12.4. The molecule has 6 heteroatoms. The van der Waals surface area contributed by atoms with Crippen LogP contribution in [0.5, 0.6) is 0 Å². The number of hydrogen-bond acceptors (Lipinski definition) is 3. The second-order valence-corrected chi connectivity index (χ2v) is 7.24. The zero-order valence-corrected chi connectivity index (χ0v) is 14.7. The fraction of sp³-hybridized carbons (Fsp3) is 0.235. The molecule has 3 rings (SSSR count). The Morgan fingerprint density at radius 1 is 1.22 bits per heavy atom. The summed E-state index contributed by atoms with van der Waals surface area (Å²) in [6.45, 7) is 1.17. The fourth-order valence-corrected chi connectivity index (χ4v) is 3.99. The van der Waals surface area contributed by atoms with Gasteiger partial charge >= 0.3 is 0 Å². The lowest BCUT2D eigenvalue weighted by atomic mass is 10.2. The number of amides is 1. The third-order valence-corrected chi connectivity index (χ3v) is 5.27. The molecule has 1 amide bonds. The van der Waals surface area contributed by atoms with Crippen LogP contribution in [-0.4, -0.2) is 24.7 Å². The van der Waals surface area contributed by atoms with Crippen molar-refractivity contribution in [2.75, 3.05) is 29.1 Å². The molecule has 1 heterocycles. The molecule has 23 heavy (non-hydrogen) atoms. The number of benzene rings is 2. The smallest absolute Gasteiger partial charge is 0.243 e. The van der Waals surface area contributed by atoms with Gasteiger partial charge in [-0.1, -0.05) is 35.3 Å². The van der Waals surface area contributed by atoms with Gasteiger partial charge in [-0.3, -0.25) is 4.79 Å². The van der Waals surface area contributed by atoms with Crippen molar-refractivity contribution in [1.29, 1.82) is 0 Å². The number of nitrogens with zero attached hydrogens (tertiary/aromatic N) is 1. The number of hydrogen-bond donors (Lipinski definition) is 1. The van der Waals surface area contributed by atoms with Crippen LogP contribution < -0.4 is 10.2 Å². The van der Waals surface area contributed by atoms with E-state index in [-0.39, 0.29) is 5.91 Å². The van der Waals surface area contributed by atoms with Crippen molar-refractivity contribution in [3.63, 3.8) is 0 Å². The Kier molecular flexibility index (Phi) is 5.36. The Labute approximate surface area is 150 Å². The van der Waals surface area contributed by atoms with Crippen molar-refractivity contribution >= 4 is 52.2 Å². The van der Waals surface area contributed by atoms with Gasteiger partial charge in [-0.15, -0.1) is 11.8 Å². The van der Waals surface area contributed by atoms with Crippen LogP contribution in [0.4, 0.5) is 11.4 Å². The molecule has 2 aromatic rings. The number of thioether (sulfide) groups is 1. The molecule has 0 bridgehead atoms. The molecular formula is C17H16Cl2N2OS. The predicted molar refractivity (Wildman–Crippen MR) is 99.1 cm³/mol. The van der Waals surface area contributed by atoms with Crippen LogP contribution in [0.2, 0.25) is 10.0 Å². The number of carbonyl (C=O) groups excluding carboxylic acids is 1. The Morgan fingerprint density at radius 3 is 2.87 bits per heavy atom. The number of anilines is 2. The molecule has 3 nitrogen and oxygen atoms in total. The van der Waals surface area contributed by atoms with Crippen molar-refractivity contribution in [3.05, 3.63) is 52.5 Å². The maximum Gasteiger partial charge on any atom is 0.243 e. The van der Waals surface area contributed by atoms with Gasteiger partial charge < -0.3 is 10.2 Å². The average Bonchev–Trinajstić information content (AvgIpc) is 2.73. The SMILES string of the molecule is O=C(CN1CCCSc2ccccc21)Nc1ccc(Cl)cc1Cl. The van der Waals surface area contributed by atoms with Gasteiger partial charge in [-0.05, 0) is 42.5 Å². The van der Waals surface area contributed by atoms with Crippen LogP contribution in [0.3, 0.4) is 0 Å². The summed E-state index contributed by atoms with van der Waals surface area (Å²) in [5.74, 6) is 0.980. The lowest BCUT2D eigenvalue weighted by Crippen LogP contribution is -2.34. The lowest BCUT2D eigenvalue weighted by Gasteiger charge is -2.24. The first kappa shape index (κ1) is 16.5. The molecule has 1 aliphatic rings. The van der Waals surface area contributed by atoms with E-state index in [0.717, 1.165) is 24.4 Å². The van der Waals surface area contributed by atoms with E-state index in [9.17, 15) is 4.79 Å². The van der Waals surface area contributed by atoms with Crippen LogP contribution in [0.1, 0.15) is 6.42 Å². The summed E-state index contributed by atoms with van der Waals surface area (Å²) in [6.07, 6.45) is 1.05. The van der Waals surface area contributed by atoms with Crippen LogP contribution in [0.15, 0.2) is 47.4 Å². The first-order chi connectivity index (χ1) is 11.1. The Bertz CT molecular complexity index is 723. The summed E-state index contributed by atoms with van der Waals surface area (Å²) in [5, 5.41) is 3.85. The van der Waals surface area contributed by atoms with Gasteiger partial charge in [0.05, 0.1) is 22.9 Å². The van der Waals surface area contributed by atoms with Crippen LogP contribution in [0.25, 0.3) is 0 Å². The van der Waals surface area contributed by atoms with E-state index in [0.29, 0.717) is 22.3 Å². The second-order valence-electron chi connectivity index (χ2n) is 5.26. The summed E-state index contributed by atoms with van der Waals surface area (Å²) in [7, 11) is 0. The molecule has 0 fully saturated rings. The van der Waals surface area contributed by atoms with Gasteiger partial charge in [0.2, 0.25) is 5.91 Å². The van der Waals surface area contributed by atoms with Crippen LogP contribution in [0, 0.1) is 0 Å². The minimum atomic E-state index is -0.0871. The number of para-hydroxylation sites is 1. The van der Waals surface area contributed by atoms with Crippen molar-refractivity contribution < 1.29 is 4.79 Å². The van der Waals surface area contributed by atoms with E-state index < -0.39 is 0 Å². The summed E-state index contributed by atoms with van der Waals surface area (Å²) in [4.78, 5) is 15.7. The molecule has 1 N–H and O–H groups in total. The average molecular weight is 367 g/mol. The third-order valence-electron chi connectivity index (χ3n) is 3.58. The Balaban J connectivity index is 1.72.